The van der Waals surface area contributed by atoms with E-state index in [4.69, 9.17) is 4.42 Å². The summed E-state index contributed by atoms with van der Waals surface area (Å²) in [6, 6.07) is 32.2. The number of allylic oxidation sites excluding steroid dienone is 3. The lowest BCUT2D eigenvalue weighted by Crippen LogP contribution is -2.37. The van der Waals surface area contributed by atoms with Crippen molar-refractivity contribution in [2.24, 2.45) is 5.41 Å². The van der Waals surface area contributed by atoms with Gasteiger partial charge in [-0.2, -0.15) is 0 Å². The van der Waals surface area contributed by atoms with E-state index in [9.17, 15) is 0 Å². The van der Waals surface area contributed by atoms with Crippen LogP contribution in [0.25, 0.3) is 33.1 Å². The van der Waals surface area contributed by atoms with Gasteiger partial charge in [-0.3, -0.25) is 0 Å². The number of anilines is 1. The number of benzene rings is 4. The van der Waals surface area contributed by atoms with Crippen molar-refractivity contribution in [1.82, 2.24) is 0 Å². The highest BCUT2D eigenvalue weighted by Gasteiger charge is 2.54. The third-order valence-electron chi connectivity index (χ3n) is 8.77. The zero-order chi connectivity index (χ0) is 24.5. The Bertz CT molecular complexity index is 1700. The maximum Gasteiger partial charge on any atom is 0.137 e. The van der Waals surface area contributed by atoms with Crippen LogP contribution in [0.2, 0.25) is 0 Å². The van der Waals surface area contributed by atoms with E-state index >= 15 is 0 Å². The molecule has 5 aromatic rings. The number of hydrogen-bond acceptors (Lipinski definition) is 2. The summed E-state index contributed by atoms with van der Waals surface area (Å²) in [5, 5.41) is 6.04. The smallest absolute Gasteiger partial charge is 0.137 e. The van der Waals surface area contributed by atoms with Crippen LogP contribution in [0.5, 0.6) is 0 Å². The van der Waals surface area contributed by atoms with Gasteiger partial charge >= 0.3 is 0 Å². The molecule has 0 fully saturated rings. The Labute approximate surface area is 212 Å². The molecule has 2 unspecified atom stereocenters. The number of hydrogen-bond donors (Lipinski definition) is 1. The van der Waals surface area contributed by atoms with E-state index in [0.717, 1.165) is 33.3 Å². The molecule has 176 valence electrons. The van der Waals surface area contributed by atoms with Crippen molar-refractivity contribution in [3.63, 3.8) is 0 Å². The van der Waals surface area contributed by atoms with Crippen LogP contribution in [0.4, 0.5) is 5.69 Å². The summed E-state index contributed by atoms with van der Waals surface area (Å²) in [6.45, 7) is 7.22. The Balaban J connectivity index is 1.34. The zero-order valence-corrected chi connectivity index (χ0v) is 20.9. The number of para-hydroxylation sites is 1. The lowest BCUT2D eigenvalue weighted by Gasteiger charge is -2.42. The fourth-order valence-electron chi connectivity index (χ4n) is 6.54. The maximum atomic E-state index is 6.12. The predicted octanol–water partition coefficient (Wildman–Crippen LogP) is 9.20. The first-order chi connectivity index (χ1) is 17.5. The molecule has 0 radical (unpaired) electrons. The summed E-state index contributed by atoms with van der Waals surface area (Å²) >= 11 is 0. The first-order valence-corrected chi connectivity index (χ1v) is 12.7. The van der Waals surface area contributed by atoms with Crippen molar-refractivity contribution in [3.05, 3.63) is 126 Å². The van der Waals surface area contributed by atoms with Gasteiger partial charge in [0.15, 0.2) is 0 Å². The lowest BCUT2D eigenvalue weighted by molar-refractivity contribution is 0.243. The quantitative estimate of drug-likeness (QED) is 0.286. The lowest BCUT2D eigenvalue weighted by atomic mass is 9.62. The molecular weight excluding hydrogens is 438 g/mol. The Morgan fingerprint density at radius 3 is 2.36 bits per heavy atom. The molecule has 0 aliphatic heterocycles. The van der Waals surface area contributed by atoms with Crippen LogP contribution in [0, 0.1) is 5.41 Å². The van der Waals surface area contributed by atoms with Gasteiger partial charge < -0.3 is 9.73 Å². The van der Waals surface area contributed by atoms with Crippen LogP contribution in [0.1, 0.15) is 37.8 Å². The highest BCUT2D eigenvalue weighted by molar-refractivity contribution is 6.11. The van der Waals surface area contributed by atoms with Crippen LogP contribution in [-0.4, -0.2) is 0 Å². The highest BCUT2D eigenvalue weighted by Crippen LogP contribution is 2.63. The van der Waals surface area contributed by atoms with Crippen molar-refractivity contribution in [3.8, 4) is 11.1 Å². The summed E-state index contributed by atoms with van der Waals surface area (Å²) in [7, 11) is 0. The summed E-state index contributed by atoms with van der Waals surface area (Å²) in [5.74, 6) is 0.315. The average Bonchev–Trinajstić information content (AvgIpc) is 3.36. The Morgan fingerprint density at radius 1 is 0.750 bits per heavy atom. The van der Waals surface area contributed by atoms with Crippen LogP contribution in [0.3, 0.4) is 0 Å². The predicted molar refractivity (Wildman–Crippen MR) is 150 cm³/mol. The van der Waals surface area contributed by atoms with E-state index in [2.05, 4.69) is 117 Å². The molecule has 36 heavy (non-hydrogen) atoms. The summed E-state index contributed by atoms with van der Waals surface area (Å²) < 4.78 is 6.12. The highest BCUT2D eigenvalue weighted by atomic mass is 16.3. The summed E-state index contributed by atoms with van der Waals surface area (Å²) in [4.78, 5) is 0. The zero-order valence-electron chi connectivity index (χ0n) is 20.9. The fourth-order valence-corrected chi connectivity index (χ4v) is 6.54. The minimum Gasteiger partial charge on any atom is -0.456 e. The molecule has 4 aromatic carbocycles. The van der Waals surface area contributed by atoms with Crippen LogP contribution in [0.15, 0.2) is 119 Å². The second kappa shape index (κ2) is 7.48. The van der Waals surface area contributed by atoms with Gasteiger partial charge in [-0.15, -0.1) is 0 Å². The number of furan rings is 1. The molecule has 2 nitrogen and oxygen atoms in total. The minimum atomic E-state index is -0.0658. The van der Waals surface area contributed by atoms with Gasteiger partial charge in [0.25, 0.3) is 0 Å². The first-order valence-electron chi connectivity index (χ1n) is 12.7. The van der Waals surface area contributed by atoms with Crippen molar-refractivity contribution >= 4 is 27.6 Å². The number of rotatable bonds is 3. The van der Waals surface area contributed by atoms with Crippen molar-refractivity contribution in [2.45, 2.75) is 32.1 Å². The van der Waals surface area contributed by atoms with Crippen LogP contribution in [-0.2, 0) is 5.41 Å². The van der Waals surface area contributed by atoms with Gasteiger partial charge in [0.2, 0.25) is 0 Å². The molecule has 2 heteroatoms. The molecule has 0 saturated carbocycles. The Kier molecular flexibility index (Phi) is 4.42. The molecular formula is C34H29NO. The maximum absolute atomic E-state index is 6.12. The van der Waals surface area contributed by atoms with Gasteiger partial charge in [0, 0.05) is 22.4 Å². The molecule has 0 spiro atoms. The Hall–Kier alpha value is -4.04. The second-order valence-corrected chi connectivity index (χ2v) is 10.9. The second-order valence-electron chi connectivity index (χ2n) is 10.9. The average molecular weight is 468 g/mol. The molecule has 2 aliphatic carbocycles. The van der Waals surface area contributed by atoms with Gasteiger partial charge in [-0.05, 0) is 51.9 Å². The molecule has 0 saturated heterocycles. The SMILES string of the molecule is CC1(C)c2cccc(-c3ccccc3)c2C2C=CC(Nc3cccc4oc5ccccc5c34)=CC21C. The third kappa shape index (κ3) is 2.85. The standard InChI is InChI=1S/C34H29NO/c1-33(2)26-15-9-14-24(22-11-5-4-6-12-22)31(26)27-20-19-23(21-34(27,33)3)35-28-16-10-18-30-32(28)25-13-7-8-17-29(25)36-30/h4-21,27,35H,1-3H3. The van der Waals surface area contributed by atoms with E-state index in [0.29, 0.717) is 5.92 Å². The topological polar surface area (TPSA) is 25.2 Å². The molecule has 1 aromatic heterocycles. The molecule has 1 N–H and O–H groups in total. The van der Waals surface area contributed by atoms with Gasteiger partial charge in [0.1, 0.15) is 11.2 Å². The van der Waals surface area contributed by atoms with Gasteiger partial charge in [0.05, 0.1) is 11.1 Å². The van der Waals surface area contributed by atoms with Crippen molar-refractivity contribution < 1.29 is 4.42 Å². The van der Waals surface area contributed by atoms with E-state index in [-0.39, 0.29) is 10.8 Å². The normalized spacial score (nSPS) is 21.9. The molecule has 1 heterocycles. The van der Waals surface area contributed by atoms with E-state index in [1.807, 2.05) is 18.2 Å². The van der Waals surface area contributed by atoms with E-state index < -0.39 is 0 Å². The van der Waals surface area contributed by atoms with E-state index in [1.165, 1.54) is 22.3 Å². The first kappa shape index (κ1) is 21.3. The number of nitrogens with one attached hydrogen (secondary N) is 1. The molecule has 7 rings (SSSR count). The van der Waals surface area contributed by atoms with Gasteiger partial charge in [-0.1, -0.05) is 106 Å². The molecule has 0 amide bonds. The molecule has 0 bridgehead atoms. The van der Waals surface area contributed by atoms with E-state index in [1.54, 1.807) is 0 Å². The summed E-state index contributed by atoms with van der Waals surface area (Å²) in [5.41, 5.74) is 9.49. The Morgan fingerprint density at radius 2 is 1.50 bits per heavy atom. The largest absolute Gasteiger partial charge is 0.456 e. The number of fused-ring (bicyclic) bond motifs is 6. The monoisotopic (exact) mass is 467 g/mol. The minimum absolute atomic E-state index is 0.0240. The summed E-state index contributed by atoms with van der Waals surface area (Å²) in [6.07, 6.45) is 7.14. The van der Waals surface area contributed by atoms with Crippen molar-refractivity contribution in [2.75, 3.05) is 5.32 Å². The fraction of sp³-hybridized carbons (Fsp3) is 0.176. The molecule has 2 aliphatic rings. The molecule has 2 atom stereocenters. The van der Waals surface area contributed by atoms with Crippen LogP contribution < -0.4 is 5.32 Å². The third-order valence-corrected chi connectivity index (χ3v) is 8.77. The van der Waals surface area contributed by atoms with Crippen LogP contribution >= 0.6 is 0 Å². The van der Waals surface area contributed by atoms with Gasteiger partial charge in [-0.25, -0.2) is 0 Å². The van der Waals surface area contributed by atoms with Crippen molar-refractivity contribution in [1.29, 1.82) is 0 Å².